The Labute approximate surface area is 145 Å². The van der Waals surface area contributed by atoms with Gasteiger partial charge in [0.15, 0.2) is 0 Å². The van der Waals surface area contributed by atoms with Crippen LogP contribution in [0.5, 0.6) is 0 Å². The summed E-state index contributed by atoms with van der Waals surface area (Å²) in [7, 11) is 0. The molecule has 0 bridgehead atoms. The summed E-state index contributed by atoms with van der Waals surface area (Å²) in [4.78, 5) is 28.7. The molecule has 0 unspecified atom stereocenters. The lowest BCUT2D eigenvalue weighted by molar-refractivity contribution is 0.101. The van der Waals surface area contributed by atoms with E-state index in [1.165, 1.54) is 0 Å². The van der Waals surface area contributed by atoms with Gasteiger partial charge in [0.05, 0.1) is 0 Å². The number of hydrogen-bond donors (Lipinski definition) is 2. The zero-order chi connectivity index (χ0) is 17.6. The van der Waals surface area contributed by atoms with Crippen molar-refractivity contribution in [3.63, 3.8) is 0 Å². The largest absolute Gasteiger partial charge is 0.322 e. The number of anilines is 2. The van der Waals surface area contributed by atoms with Gasteiger partial charge < -0.3 is 10.6 Å². The van der Waals surface area contributed by atoms with Gasteiger partial charge in [-0.15, -0.1) is 0 Å². The number of pyridine rings is 1. The van der Waals surface area contributed by atoms with Crippen LogP contribution >= 0.6 is 0 Å². The topological polar surface area (TPSA) is 71.1 Å². The van der Waals surface area contributed by atoms with Crippen molar-refractivity contribution in [3.8, 4) is 0 Å². The molecule has 0 spiro atoms. The maximum atomic E-state index is 12.4. The third kappa shape index (κ3) is 4.29. The van der Waals surface area contributed by atoms with Crippen molar-refractivity contribution in [1.82, 2.24) is 4.98 Å². The molecule has 1 aromatic heterocycles. The van der Waals surface area contributed by atoms with Gasteiger partial charge in [-0.05, 0) is 55.0 Å². The monoisotopic (exact) mass is 331 g/mol. The molecule has 0 atom stereocenters. The highest BCUT2D eigenvalue weighted by atomic mass is 16.2. The number of aryl methyl sites for hydroxylation is 1. The molecule has 5 nitrogen and oxygen atoms in total. The number of nitrogens with one attached hydrogen (secondary N) is 2. The summed E-state index contributed by atoms with van der Waals surface area (Å²) in [6, 6.07) is 19.3. The molecule has 0 aliphatic heterocycles. The fourth-order valence-corrected chi connectivity index (χ4v) is 2.32. The Morgan fingerprint density at radius 2 is 1.52 bits per heavy atom. The van der Waals surface area contributed by atoms with E-state index in [1.54, 1.807) is 60.8 Å². The maximum absolute atomic E-state index is 12.4. The minimum atomic E-state index is -0.283. The van der Waals surface area contributed by atoms with Crippen LogP contribution in [0.3, 0.4) is 0 Å². The number of aromatic nitrogens is 1. The van der Waals surface area contributed by atoms with Crippen molar-refractivity contribution < 1.29 is 9.59 Å². The second-order valence-corrected chi connectivity index (χ2v) is 5.57. The molecule has 0 aliphatic carbocycles. The normalized spacial score (nSPS) is 10.1. The maximum Gasteiger partial charge on any atom is 0.256 e. The average Bonchev–Trinajstić information content (AvgIpc) is 2.62. The lowest BCUT2D eigenvalue weighted by atomic mass is 10.1. The molecule has 2 aromatic carbocycles. The molecule has 0 saturated heterocycles. The first-order valence-corrected chi connectivity index (χ1v) is 7.82. The van der Waals surface area contributed by atoms with E-state index in [9.17, 15) is 9.59 Å². The predicted octanol–water partition coefficient (Wildman–Crippen LogP) is 3.89. The standard InChI is InChI=1S/C20H17N3O2/c1-14-10-11-21-18(12-14)23-20(25)16-8-5-9-17(13-16)22-19(24)15-6-3-2-4-7-15/h2-13H,1H3,(H,22,24)(H,21,23,25). The van der Waals surface area contributed by atoms with Crippen LogP contribution in [0.1, 0.15) is 26.3 Å². The van der Waals surface area contributed by atoms with Crippen molar-refractivity contribution in [2.24, 2.45) is 0 Å². The highest BCUT2D eigenvalue weighted by Crippen LogP contribution is 2.14. The Morgan fingerprint density at radius 1 is 0.800 bits per heavy atom. The highest BCUT2D eigenvalue weighted by Gasteiger charge is 2.10. The van der Waals surface area contributed by atoms with Crippen LogP contribution in [-0.2, 0) is 0 Å². The van der Waals surface area contributed by atoms with E-state index in [0.29, 0.717) is 22.6 Å². The van der Waals surface area contributed by atoms with Gasteiger partial charge in [0.1, 0.15) is 5.82 Å². The van der Waals surface area contributed by atoms with E-state index >= 15 is 0 Å². The summed E-state index contributed by atoms with van der Waals surface area (Å²) in [5, 5.41) is 5.54. The molecular weight excluding hydrogens is 314 g/mol. The van der Waals surface area contributed by atoms with Crippen LogP contribution in [0, 0.1) is 6.92 Å². The van der Waals surface area contributed by atoms with Gasteiger partial charge in [-0.25, -0.2) is 4.98 Å². The van der Waals surface area contributed by atoms with E-state index in [2.05, 4.69) is 15.6 Å². The number of amides is 2. The highest BCUT2D eigenvalue weighted by molar-refractivity contribution is 6.07. The molecule has 1 heterocycles. The molecule has 0 fully saturated rings. The van der Waals surface area contributed by atoms with Gasteiger partial charge in [0.25, 0.3) is 11.8 Å². The van der Waals surface area contributed by atoms with Gasteiger partial charge in [0.2, 0.25) is 0 Å². The molecule has 3 rings (SSSR count). The van der Waals surface area contributed by atoms with Gasteiger partial charge in [-0.1, -0.05) is 24.3 Å². The number of hydrogen-bond acceptors (Lipinski definition) is 3. The van der Waals surface area contributed by atoms with Crippen molar-refractivity contribution in [2.45, 2.75) is 6.92 Å². The summed E-state index contributed by atoms with van der Waals surface area (Å²) < 4.78 is 0. The smallest absolute Gasteiger partial charge is 0.256 e. The summed E-state index contributed by atoms with van der Waals surface area (Å²) in [5.41, 5.74) is 2.56. The molecule has 25 heavy (non-hydrogen) atoms. The minimum absolute atomic E-state index is 0.224. The Morgan fingerprint density at radius 3 is 2.28 bits per heavy atom. The number of carbonyl (C=O) groups excluding carboxylic acids is 2. The molecule has 0 saturated carbocycles. The van der Waals surface area contributed by atoms with Gasteiger partial charge in [0, 0.05) is 23.0 Å². The third-order valence-corrected chi connectivity index (χ3v) is 3.58. The van der Waals surface area contributed by atoms with Crippen molar-refractivity contribution >= 4 is 23.3 Å². The second-order valence-electron chi connectivity index (χ2n) is 5.57. The fourth-order valence-electron chi connectivity index (χ4n) is 2.32. The van der Waals surface area contributed by atoms with E-state index in [-0.39, 0.29) is 11.8 Å². The average molecular weight is 331 g/mol. The number of nitrogens with zero attached hydrogens (tertiary/aromatic N) is 1. The first-order chi connectivity index (χ1) is 12.1. The molecule has 124 valence electrons. The summed E-state index contributed by atoms with van der Waals surface area (Å²) in [6.45, 7) is 1.93. The Kier molecular flexibility index (Phi) is 4.85. The van der Waals surface area contributed by atoms with E-state index < -0.39 is 0 Å². The number of rotatable bonds is 4. The zero-order valence-electron chi connectivity index (χ0n) is 13.7. The summed E-state index contributed by atoms with van der Waals surface area (Å²) in [6.07, 6.45) is 1.64. The van der Waals surface area contributed by atoms with Crippen LogP contribution in [0.15, 0.2) is 72.9 Å². The third-order valence-electron chi connectivity index (χ3n) is 3.58. The molecule has 2 amide bonds. The lowest BCUT2D eigenvalue weighted by Gasteiger charge is -2.08. The Balaban J connectivity index is 1.72. The predicted molar refractivity (Wildman–Crippen MR) is 97.8 cm³/mol. The van der Waals surface area contributed by atoms with Crippen molar-refractivity contribution in [3.05, 3.63) is 89.6 Å². The first-order valence-electron chi connectivity index (χ1n) is 7.82. The lowest BCUT2D eigenvalue weighted by Crippen LogP contribution is -2.15. The summed E-state index contributed by atoms with van der Waals surface area (Å²) >= 11 is 0. The van der Waals surface area contributed by atoms with E-state index in [1.807, 2.05) is 19.1 Å². The second kappa shape index (κ2) is 7.40. The summed E-state index contributed by atoms with van der Waals surface area (Å²) in [5.74, 6) is -0.0175. The van der Waals surface area contributed by atoms with E-state index in [0.717, 1.165) is 5.56 Å². The quantitative estimate of drug-likeness (QED) is 0.762. The SMILES string of the molecule is Cc1ccnc(NC(=O)c2cccc(NC(=O)c3ccccc3)c2)c1. The van der Waals surface area contributed by atoms with Crippen LogP contribution < -0.4 is 10.6 Å². The Bertz CT molecular complexity index is 908. The fraction of sp³-hybridized carbons (Fsp3) is 0.0500. The first kappa shape index (κ1) is 16.4. The molecule has 3 aromatic rings. The van der Waals surface area contributed by atoms with Crippen LogP contribution in [0.2, 0.25) is 0 Å². The zero-order valence-corrected chi connectivity index (χ0v) is 13.7. The van der Waals surface area contributed by atoms with E-state index in [4.69, 9.17) is 0 Å². The van der Waals surface area contributed by atoms with Gasteiger partial charge >= 0.3 is 0 Å². The molecule has 0 aliphatic rings. The Hall–Kier alpha value is -3.47. The minimum Gasteiger partial charge on any atom is -0.322 e. The van der Waals surface area contributed by atoms with Crippen LogP contribution in [-0.4, -0.2) is 16.8 Å². The van der Waals surface area contributed by atoms with Crippen LogP contribution in [0.4, 0.5) is 11.5 Å². The van der Waals surface area contributed by atoms with Crippen LogP contribution in [0.25, 0.3) is 0 Å². The molecule has 5 heteroatoms. The molecule has 0 radical (unpaired) electrons. The van der Waals surface area contributed by atoms with Gasteiger partial charge in [-0.2, -0.15) is 0 Å². The number of benzene rings is 2. The number of carbonyl (C=O) groups is 2. The van der Waals surface area contributed by atoms with Gasteiger partial charge in [-0.3, -0.25) is 9.59 Å². The molecular formula is C20H17N3O2. The van der Waals surface area contributed by atoms with Crippen molar-refractivity contribution in [2.75, 3.05) is 10.6 Å². The molecule has 2 N–H and O–H groups in total. The van der Waals surface area contributed by atoms with Crippen molar-refractivity contribution in [1.29, 1.82) is 0 Å².